The molecule has 1 aliphatic carbocycles. The van der Waals surface area contributed by atoms with E-state index < -0.39 is 23.9 Å². The van der Waals surface area contributed by atoms with Gasteiger partial charge in [-0.2, -0.15) is 18.2 Å². The zero-order valence-electron chi connectivity index (χ0n) is 13.6. The molecule has 1 N–H and O–H groups in total. The summed E-state index contributed by atoms with van der Waals surface area (Å²) in [7, 11) is 0. The van der Waals surface area contributed by atoms with Crippen LogP contribution < -0.4 is 5.32 Å². The van der Waals surface area contributed by atoms with E-state index in [2.05, 4.69) is 15.4 Å². The quantitative estimate of drug-likeness (QED) is 0.782. The third kappa shape index (κ3) is 2.67. The fraction of sp³-hybridized carbons (Fsp3) is 0.353. The van der Waals surface area contributed by atoms with Crippen LogP contribution in [0.25, 0.3) is 0 Å². The Labute approximate surface area is 145 Å². The highest BCUT2D eigenvalue weighted by atomic mass is 19.4. The Morgan fingerprint density at radius 1 is 1.19 bits per heavy atom. The molecule has 2 aliphatic rings. The highest BCUT2D eigenvalue weighted by Gasteiger charge is 2.42. The van der Waals surface area contributed by atoms with Crippen LogP contribution in [0.3, 0.4) is 0 Å². The molecule has 0 bridgehead atoms. The number of fused-ring (bicyclic) bond motifs is 1. The van der Waals surface area contributed by atoms with Crippen LogP contribution in [0, 0.1) is 11.7 Å². The Balaban J connectivity index is 1.90. The molecule has 5 nitrogen and oxygen atoms in total. The van der Waals surface area contributed by atoms with Crippen molar-refractivity contribution in [3.8, 4) is 0 Å². The number of carbonyl (C=O) groups excluding carboxylic acids is 1. The first kappa shape index (κ1) is 16.7. The van der Waals surface area contributed by atoms with Crippen molar-refractivity contribution in [2.75, 3.05) is 5.32 Å². The number of hydrogen-bond donors (Lipinski definition) is 1. The predicted octanol–water partition coefficient (Wildman–Crippen LogP) is 3.70. The van der Waals surface area contributed by atoms with Gasteiger partial charge in [0.25, 0.3) is 5.82 Å². The Kier molecular flexibility index (Phi) is 3.64. The van der Waals surface area contributed by atoms with E-state index in [-0.39, 0.29) is 17.6 Å². The van der Waals surface area contributed by atoms with Crippen LogP contribution in [0.1, 0.15) is 37.2 Å². The summed E-state index contributed by atoms with van der Waals surface area (Å²) in [4.78, 5) is 16.2. The number of alkyl halides is 3. The van der Waals surface area contributed by atoms with Crippen LogP contribution in [0.5, 0.6) is 0 Å². The maximum atomic E-state index is 13.3. The number of nitrogens with zero attached hydrogens (tertiary/aromatic N) is 3. The van der Waals surface area contributed by atoms with Gasteiger partial charge in [0.1, 0.15) is 11.9 Å². The number of Topliss-reactive ketones (excluding diaryl/α,β-unsaturated/α-hetero) is 1. The fourth-order valence-corrected chi connectivity index (χ4v) is 3.48. The normalized spacial score (nSPS) is 22.7. The Bertz CT molecular complexity index is 914. The van der Waals surface area contributed by atoms with Gasteiger partial charge in [0, 0.05) is 17.7 Å². The molecule has 0 fully saturated rings. The van der Waals surface area contributed by atoms with Crippen LogP contribution in [0.15, 0.2) is 35.5 Å². The Hall–Kier alpha value is -2.71. The van der Waals surface area contributed by atoms with E-state index in [1.165, 1.54) is 24.3 Å². The van der Waals surface area contributed by atoms with Gasteiger partial charge in [0.2, 0.25) is 5.95 Å². The number of benzene rings is 1. The molecule has 0 saturated heterocycles. The summed E-state index contributed by atoms with van der Waals surface area (Å²) in [6, 6.07) is 4.43. The van der Waals surface area contributed by atoms with Gasteiger partial charge in [-0.05, 0) is 30.0 Å². The number of ketones is 1. The van der Waals surface area contributed by atoms with E-state index in [0.717, 1.165) is 4.68 Å². The Morgan fingerprint density at radius 2 is 1.88 bits per heavy atom. The second-order valence-electron chi connectivity index (χ2n) is 6.61. The summed E-state index contributed by atoms with van der Waals surface area (Å²) < 4.78 is 53.6. The van der Waals surface area contributed by atoms with Crippen molar-refractivity contribution in [3.63, 3.8) is 0 Å². The number of halogens is 4. The van der Waals surface area contributed by atoms with E-state index in [1.54, 1.807) is 0 Å². The molecule has 0 amide bonds. The minimum Gasteiger partial charge on any atom is -0.328 e. The summed E-state index contributed by atoms with van der Waals surface area (Å²) >= 11 is 0. The minimum absolute atomic E-state index is 0.0687. The molecule has 26 heavy (non-hydrogen) atoms. The number of rotatable bonds is 1. The maximum absolute atomic E-state index is 13.3. The van der Waals surface area contributed by atoms with E-state index in [0.29, 0.717) is 29.7 Å². The fourth-order valence-electron chi connectivity index (χ4n) is 3.48. The molecule has 2 aromatic rings. The standard InChI is InChI=1S/C17H14F4N4O/c1-8-6-11-13(12(26)7-8)14(9-2-4-10(18)5-3-9)25-16(22-11)23-15(24-25)17(19,20)21/h2-5,8,14H,6-7H2,1H3,(H,22,23,24). The second-order valence-corrected chi connectivity index (χ2v) is 6.61. The molecule has 0 saturated carbocycles. The van der Waals surface area contributed by atoms with Crippen molar-refractivity contribution < 1.29 is 22.4 Å². The molecule has 2 atom stereocenters. The van der Waals surface area contributed by atoms with Crippen molar-refractivity contribution in [2.24, 2.45) is 5.92 Å². The smallest absolute Gasteiger partial charge is 0.328 e. The van der Waals surface area contributed by atoms with E-state index in [4.69, 9.17) is 0 Å². The maximum Gasteiger partial charge on any atom is 0.453 e. The number of hydrogen-bond acceptors (Lipinski definition) is 4. The van der Waals surface area contributed by atoms with Crippen molar-refractivity contribution in [2.45, 2.75) is 32.0 Å². The van der Waals surface area contributed by atoms with Gasteiger partial charge in [-0.15, -0.1) is 5.10 Å². The molecule has 9 heteroatoms. The molecule has 0 radical (unpaired) electrons. The predicted molar refractivity (Wildman–Crippen MR) is 83.6 cm³/mol. The molecule has 2 heterocycles. The molecule has 0 spiro atoms. The van der Waals surface area contributed by atoms with Gasteiger partial charge in [-0.25, -0.2) is 9.07 Å². The van der Waals surface area contributed by atoms with Gasteiger partial charge in [0.05, 0.1) is 0 Å². The largest absolute Gasteiger partial charge is 0.453 e. The van der Waals surface area contributed by atoms with E-state index in [1.807, 2.05) is 6.92 Å². The number of allylic oxidation sites excluding steroid dienone is 2. The summed E-state index contributed by atoms with van der Waals surface area (Å²) in [5, 5.41) is 6.42. The summed E-state index contributed by atoms with van der Waals surface area (Å²) in [5.74, 6) is -1.93. The van der Waals surface area contributed by atoms with Crippen molar-refractivity contribution in [3.05, 3.63) is 52.7 Å². The third-order valence-corrected chi connectivity index (χ3v) is 4.56. The lowest BCUT2D eigenvalue weighted by molar-refractivity contribution is -0.145. The minimum atomic E-state index is -4.71. The zero-order valence-corrected chi connectivity index (χ0v) is 13.6. The molecule has 1 aliphatic heterocycles. The van der Waals surface area contributed by atoms with Gasteiger partial charge in [-0.3, -0.25) is 4.79 Å². The SMILES string of the molecule is CC1CC(=O)C2=C(C1)Nc1nc(C(F)(F)F)nn1C2c1ccc(F)cc1. The molecular formula is C17H14F4N4O. The van der Waals surface area contributed by atoms with Gasteiger partial charge in [0.15, 0.2) is 5.78 Å². The van der Waals surface area contributed by atoms with Crippen molar-refractivity contribution >= 4 is 11.7 Å². The average molecular weight is 366 g/mol. The first-order valence-corrected chi connectivity index (χ1v) is 8.06. The van der Waals surface area contributed by atoms with Crippen LogP contribution in [0.4, 0.5) is 23.5 Å². The summed E-state index contributed by atoms with van der Waals surface area (Å²) in [6.45, 7) is 1.90. The second kappa shape index (κ2) is 5.65. The molecule has 1 aromatic carbocycles. The lowest BCUT2D eigenvalue weighted by Gasteiger charge is -2.34. The van der Waals surface area contributed by atoms with Gasteiger partial charge in [-0.1, -0.05) is 19.1 Å². The number of carbonyl (C=O) groups is 1. The number of anilines is 1. The third-order valence-electron chi connectivity index (χ3n) is 4.56. The lowest BCUT2D eigenvalue weighted by atomic mass is 9.81. The Morgan fingerprint density at radius 3 is 2.54 bits per heavy atom. The van der Waals surface area contributed by atoms with E-state index in [9.17, 15) is 22.4 Å². The number of nitrogens with one attached hydrogen (secondary N) is 1. The average Bonchev–Trinajstić information content (AvgIpc) is 2.97. The first-order chi connectivity index (χ1) is 12.2. The first-order valence-electron chi connectivity index (χ1n) is 8.06. The van der Waals surface area contributed by atoms with Crippen LogP contribution >= 0.6 is 0 Å². The molecule has 2 unspecified atom stereocenters. The molecule has 136 valence electrons. The highest BCUT2D eigenvalue weighted by molar-refractivity contribution is 5.99. The molecule has 1 aromatic heterocycles. The lowest BCUT2D eigenvalue weighted by Crippen LogP contribution is -2.33. The van der Waals surface area contributed by atoms with Gasteiger partial charge < -0.3 is 5.32 Å². The monoisotopic (exact) mass is 366 g/mol. The topological polar surface area (TPSA) is 59.8 Å². The van der Waals surface area contributed by atoms with Gasteiger partial charge >= 0.3 is 6.18 Å². The summed E-state index contributed by atoms with van der Waals surface area (Å²) in [5.41, 5.74) is 1.39. The number of aromatic nitrogens is 3. The summed E-state index contributed by atoms with van der Waals surface area (Å²) in [6.07, 6.45) is -3.89. The zero-order chi connectivity index (χ0) is 18.6. The highest BCUT2D eigenvalue weighted by Crippen LogP contribution is 2.42. The van der Waals surface area contributed by atoms with Crippen LogP contribution in [-0.4, -0.2) is 20.5 Å². The van der Waals surface area contributed by atoms with Crippen molar-refractivity contribution in [1.82, 2.24) is 14.8 Å². The molecular weight excluding hydrogens is 352 g/mol. The van der Waals surface area contributed by atoms with E-state index >= 15 is 0 Å². The molecule has 4 rings (SSSR count). The van der Waals surface area contributed by atoms with Crippen LogP contribution in [-0.2, 0) is 11.0 Å². The van der Waals surface area contributed by atoms with Crippen LogP contribution in [0.2, 0.25) is 0 Å². The van der Waals surface area contributed by atoms with Crippen molar-refractivity contribution in [1.29, 1.82) is 0 Å².